The fraction of sp³-hybridized carbons (Fsp3) is 0.836. The summed E-state index contributed by atoms with van der Waals surface area (Å²) in [6.07, 6.45) is 71.5. The van der Waals surface area contributed by atoms with Crippen molar-refractivity contribution in [2.45, 2.75) is 315 Å². The molecule has 0 rings (SSSR count). The third-order valence-corrected chi connectivity index (χ3v) is 13.3. The van der Waals surface area contributed by atoms with Crippen LogP contribution in [-0.4, -0.2) is 47.4 Å². The molecule has 0 fully saturated rings. The first-order valence-electron chi connectivity index (χ1n) is 29.4. The lowest BCUT2D eigenvalue weighted by Crippen LogP contribution is -2.45. The van der Waals surface area contributed by atoms with Gasteiger partial charge in [-0.05, 0) is 77.0 Å². The van der Waals surface area contributed by atoms with Gasteiger partial charge in [-0.1, -0.05) is 262 Å². The van der Waals surface area contributed by atoms with Gasteiger partial charge in [-0.15, -0.1) is 0 Å². The number of aliphatic hydroxyl groups is 2. The predicted molar refractivity (Wildman–Crippen MR) is 292 cm³/mol. The van der Waals surface area contributed by atoms with Crippen LogP contribution in [-0.2, 0) is 14.3 Å². The van der Waals surface area contributed by atoms with Crippen LogP contribution in [0, 0.1) is 0 Å². The van der Waals surface area contributed by atoms with E-state index in [9.17, 15) is 19.8 Å². The van der Waals surface area contributed by atoms with E-state index in [1.807, 2.05) is 12.2 Å². The Hall–Kier alpha value is -2.18. The molecule has 0 bridgehead atoms. The third-order valence-electron chi connectivity index (χ3n) is 13.3. The minimum absolute atomic E-state index is 0.0259. The van der Waals surface area contributed by atoms with Gasteiger partial charge in [0.1, 0.15) is 0 Å². The van der Waals surface area contributed by atoms with Gasteiger partial charge in [0.15, 0.2) is 0 Å². The van der Waals surface area contributed by atoms with E-state index in [1.165, 1.54) is 218 Å². The molecule has 0 saturated carbocycles. The molecule has 0 aromatic carbocycles. The molecular formula is C61H113NO5. The van der Waals surface area contributed by atoms with E-state index < -0.39 is 12.1 Å². The Morgan fingerprint density at radius 2 is 0.761 bits per heavy atom. The van der Waals surface area contributed by atoms with Crippen molar-refractivity contribution in [3.05, 3.63) is 48.6 Å². The molecule has 1 amide bonds. The summed E-state index contributed by atoms with van der Waals surface area (Å²) in [5.74, 6) is -0.173. The standard InChI is InChI=1S/C61H113NO5/c1-3-5-7-9-11-13-15-17-19-21-22-23-24-25-26-29-33-37-41-45-49-53-59(64)58(57-63)62-60(65)54-50-46-42-38-34-30-28-32-36-40-44-48-52-56-67-61(66)55-51-47-43-39-35-31-27-20-18-16-14-12-10-8-6-4-2/h20,27,30,34,42,46,49,53,58-59,63-64H,3-19,21-26,28-29,31-33,35-41,43-45,47-48,50-52,54-57H2,1-2H3,(H,62,65)/b27-20-,34-30-,46-42-,53-49+. The zero-order chi connectivity index (χ0) is 48.6. The fourth-order valence-electron chi connectivity index (χ4n) is 8.80. The van der Waals surface area contributed by atoms with Crippen molar-refractivity contribution in [3.63, 3.8) is 0 Å². The molecular weight excluding hydrogens is 827 g/mol. The first kappa shape index (κ1) is 64.8. The molecule has 0 aliphatic rings. The van der Waals surface area contributed by atoms with Gasteiger partial charge in [0.05, 0.1) is 25.4 Å². The smallest absolute Gasteiger partial charge is 0.305 e. The first-order valence-corrected chi connectivity index (χ1v) is 29.4. The summed E-state index contributed by atoms with van der Waals surface area (Å²) in [4.78, 5) is 24.5. The minimum Gasteiger partial charge on any atom is -0.466 e. The van der Waals surface area contributed by atoms with Gasteiger partial charge in [-0.25, -0.2) is 0 Å². The number of hydrogen-bond donors (Lipinski definition) is 3. The molecule has 2 atom stereocenters. The van der Waals surface area contributed by atoms with Gasteiger partial charge in [0.2, 0.25) is 5.91 Å². The molecule has 0 radical (unpaired) electrons. The van der Waals surface area contributed by atoms with Crippen molar-refractivity contribution < 1.29 is 24.5 Å². The topological polar surface area (TPSA) is 95.9 Å². The molecule has 392 valence electrons. The molecule has 0 aromatic rings. The summed E-state index contributed by atoms with van der Waals surface area (Å²) < 4.78 is 5.46. The number of unbranched alkanes of at least 4 members (excludes halogenated alkanes) is 37. The average molecular weight is 941 g/mol. The number of amides is 1. The van der Waals surface area contributed by atoms with E-state index >= 15 is 0 Å². The molecule has 0 saturated heterocycles. The summed E-state index contributed by atoms with van der Waals surface area (Å²) in [6, 6.07) is -0.674. The summed E-state index contributed by atoms with van der Waals surface area (Å²) in [6.45, 7) is 4.84. The second-order valence-electron chi connectivity index (χ2n) is 20.0. The van der Waals surface area contributed by atoms with Gasteiger partial charge < -0.3 is 20.3 Å². The van der Waals surface area contributed by atoms with Crippen LogP contribution >= 0.6 is 0 Å². The molecule has 67 heavy (non-hydrogen) atoms. The largest absolute Gasteiger partial charge is 0.466 e. The van der Waals surface area contributed by atoms with Crippen molar-refractivity contribution in [2.75, 3.05) is 13.2 Å². The summed E-state index contributed by atoms with van der Waals surface area (Å²) in [5.41, 5.74) is 0. The van der Waals surface area contributed by atoms with Gasteiger partial charge >= 0.3 is 5.97 Å². The Balaban J connectivity index is 3.58. The van der Waals surface area contributed by atoms with E-state index in [2.05, 4.69) is 49.5 Å². The van der Waals surface area contributed by atoms with Crippen LogP contribution in [0.3, 0.4) is 0 Å². The lowest BCUT2D eigenvalue weighted by Gasteiger charge is -2.19. The Morgan fingerprint density at radius 3 is 1.18 bits per heavy atom. The summed E-state index contributed by atoms with van der Waals surface area (Å²) in [5, 5.41) is 23.1. The summed E-state index contributed by atoms with van der Waals surface area (Å²) >= 11 is 0. The highest BCUT2D eigenvalue weighted by molar-refractivity contribution is 5.76. The highest BCUT2D eigenvalue weighted by Crippen LogP contribution is 2.16. The van der Waals surface area contributed by atoms with Crippen molar-refractivity contribution in [1.29, 1.82) is 0 Å². The van der Waals surface area contributed by atoms with Crippen LogP contribution in [0.4, 0.5) is 0 Å². The number of hydrogen-bond acceptors (Lipinski definition) is 5. The van der Waals surface area contributed by atoms with Crippen molar-refractivity contribution in [3.8, 4) is 0 Å². The van der Waals surface area contributed by atoms with Crippen LogP contribution < -0.4 is 5.32 Å². The zero-order valence-electron chi connectivity index (χ0n) is 44.6. The number of allylic oxidation sites excluding steroid dienone is 7. The SMILES string of the molecule is CCCCCCCCC/C=C\CCCCCCCC(=O)OCCCCCCCC/C=C\C/C=C\CCC(=O)NC(CO)C(O)/C=C/CCCCCCCCCCCCCCCCCCCCC. The quantitative estimate of drug-likeness (QED) is 0.0321. The zero-order valence-corrected chi connectivity index (χ0v) is 44.6. The monoisotopic (exact) mass is 940 g/mol. The Kier molecular flexibility index (Phi) is 54.6. The predicted octanol–water partition coefficient (Wildman–Crippen LogP) is 18.2. The highest BCUT2D eigenvalue weighted by atomic mass is 16.5. The van der Waals surface area contributed by atoms with Crippen molar-refractivity contribution in [2.24, 2.45) is 0 Å². The molecule has 0 aliphatic carbocycles. The molecule has 6 heteroatoms. The van der Waals surface area contributed by atoms with Crippen molar-refractivity contribution >= 4 is 11.9 Å². The molecule has 2 unspecified atom stereocenters. The second-order valence-corrected chi connectivity index (χ2v) is 20.0. The molecule has 6 nitrogen and oxygen atoms in total. The average Bonchev–Trinajstić information content (AvgIpc) is 3.33. The molecule has 0 aromatic heterocycles. The number of rotatable bonds is 54. The van der Waals surface area contributed by atoms with Crippen LogP contribution in [0.5, 0.6) is 0 Å². The van der Waals surface area contributed by atoms with E-state index in [0.717, 1.165) is 51.4 Å². The maximum Gasteiger partial charge on any atom is 0.305 e. The second kappa shape index (κ2) is 56.4. The van der Waals surface area contributed by atoms with Crippen LogP contribution in [0.2, 0.25) is 0 Å². The third kappa shape index (κ3) is 53.0. The normalized spacial score (nSPS) is 13.0. The number of nitrogens with one attached hydrogen (secondary N) is 1. The minimum atomic E-state index is -0.881. The lowest BCUT2D eigenvalue weighted by molar-refractivity contribution is -0.143. The first-order chi connectivity index (χ1) is 33.0. The molecule has 3 N–H and O–H groups in total. The Labute approximate surface area is 416 Å². The van der Waals surface area contributed by atoms with E-state index in [-0.39, 0.29) is 18.5 Å². The van der Waals surface area contributed by atoms with Crippen molar-refractivity contribution in [1.82, 2.24) is 5.32 Å². The molecule has 0 aliphatic heterocycles. The maximum atomic E-state index is 12.4. The van der Waals surface area contributed by atoms with Crippen LogP contribution in [0.1, 0.15) is 303 Å². The number of ether oxygens (including phenoxy) is 1. The number of carbonyl (C=O) groups is 2. The molecule has 0 spiro atoms. The highest BCUT2D eigenvalue weighted by Gasteiger charge is 2.17. The van der Waals surface area contributed by atoms with Crippen LogP contribution in [0.25, 0.3) is 0 Å². The number of carbonyl (C=O) groups excluding carboxylic acids is 2. The van der Waals surface area contributed by atoms with Gasteiger partial charge in [0.25, 0.3) is 0 Å². The summed E-state index contributed by atoms with van der Waals surface area (Å²) in [7, 11) is 0. The number of aliphatic hydroxyl groups excluding tert-OH is 2. The maximum absolute atomic E-state index is 12.4. The molecule has 0 heterocycles. The van der Waals surface area contributed by atoms with Gasteiger partial charge in [0, 0.05) is 12.8 Å². The lowest BCUT2D eigenvalue weighted by atomic mass is 10.0. The van der Waals surface area contributed by atoms with Gasteiger partial charge in [-0.3, -0.25) is 9.59 Å². The van der Waals surface area contributed by atoms with Gasteiger partial charge in [-0.2, -0.15) is 0 Å². The fourth-order valence-corrected chi connectivity index (χ4v) is 8.80. The van der Waals surface area contributed by atoms with E-state index in [0.29, 0.717) is 25.9 Å². The Bertz CT molecular complexity index is 1130. The van der Waals surface area contributed by atoms with Crippen LogP contribution in [0.15, 0.2) is 48.6 Å². The number of esters is 1. The Morgan fingerprint density at radius 1 is 0.418 bits per heavy atom. The van der Waals surface area contributed by atoms with E-state index in [4.69, 9.17) is 4.74 Å². The van der Waals surface area contributed by atoms with E-state index in [1.54, 1.807) is 6.08 Å².